The predicted octanol–water partition coefficient (Wildman–Crippen LogP) is 3.69. The Balaban J connectivity index is 1.84. The molecule has 0 aliphatic carbocycles. The summed E-state index contributed by atoms with van der Waals surface area (Å²) >= 11 is 6.98. The minimum absolute atomic E-state index is 0.0713. The number of nitrogens with one attached hydrogen (secondary N) is 1. The van der Waals surface area contributed by atoms with Crippen LogP contribution in [0, 0.1) is 12.8 Å². The molecule has 2 nitrogen and oxygen atoms in total. The highest BCUT2D eigenvalue weighted by Crippen LogP contribution is 2.27. The number of thioether (sulfide) groups is 1. The van der Waals surface area contributed by atoms with Crippen molar-refractivity contribution < 1.29 is 4.79 Å². The van der Waals surface area contributed by atoms with Crippen LogP contribution in [0.1, 0.15) is 28.1 Å². The van der Waals surface area contributed by atoms with E-state index in [0.29, 0.717) is 5.92 Å². The average Bonchev–Trinajstić information content (AvgIpc) is 2.68. The van der Waals surface area contributed by atoms with E-state index in [-0.39, 0.29) is 5.91 Å². The number of thiophene rings is 1. The summed E-state index contributed by atoms with van der Waals surface area (Å²) < 4.78 is 1.05. The van der Waals surface area contributed by atoms with Crippen LogP contribution < -0.4 is 5.32 Å². The normalized spacial score (nSPS) is 17.1. The third kappa shape index (κ3) is 3.73. The van der Waals surface area contributed by atoms with Crippen molar-refractivity contribution in [3.8, 4) is 0 Å². The largest absolute Gasteiger partial charge is 0.351 e. The summed E-state index contributed by atoms with van der Waals surface area (Å²) in [5.41, 5.74) is 1.13. The van der Waals surface area contributed by atoms with E-state index >= 15 is 0 Å². The highest BCUT2D eigenvalue weighted by atomic mass is 79.9. The van der Waals surface area contributed by atoms with Crippen molar-refractivity contribution in [3.63, 3.8) is 0 Å². The lowest BCUT2D eigenvalue weighted by Crippen LogP contribution is -2.30. The molecule has 1 fully saturated rings. The van der Waals surface area contributed by atoms with Gasteiger partial charge in [0.05, 0.1) is 8.66 Å². The molecular weight excluding hydrogens is 318 g/mol. The maximum absolute atomic E-state index is 11.9. The van der Waals surface area contributed by atoms with Crippen molar-refractivity contribution in [2.24, 2.45) is 5.92 Å². The summed E-state index contributed by atoms with van der Waals surface area (Å²) in [5.74, 6) is 3.22. The van der Waals surface area contributed by atoms with Crippen LogP contribution in [0.3, 0.4) is 0 Å². The molecule has 0 atom stereocenters. The second-order valence-electron chi connectivity index (χ2n) is 4.33. The average molecular weight is 334 g/mol. The predicted molar refractivity (Wildman–Crippen MR) is 79.1 cm³/mol. The molecule has 1 aromatic rings. The van der Waals surface area contributed by atoms with E-state index in [9.17, 15) is 4.79 Å². The van der Waals surface area contributed by atoms with Gasteiger partial charge in [-0.3, -0.25) is 4.79 Å². The fourth-order valence-corrected chi connectivity index (χ4v) is 4.50. The lowest BCUT2D eigenvalue weighted by molar-refractivity contribution is 0.0950. The van der Waals surface area contributed by atoms with Gasteiger partial charge in [0.25, 0.3) is 5.91 Å². The number of hydrogen-bond acceptors (Lipinski definition) is 3. The molecule has 0 spiro atoms. The van der Waals surface area contributed by atoms with Crippen LogP contribution in [0.2, 0.25) is 0 Å². The first-order valence-electron chi connectivity index (χ1n) is 5.78. The van der Waals surface area contributed by atoms with Crippen molar-refractivity contribution in [1.29, 1.82) is 0 Å². The third-order valence-electron chi connectivity index (χ3n) is 2.97. The second kappa shape index (κ2) is 6.25. The lowest BCUT2D eigenvalue weighted by Gasteiger charge is -2.21. The number of aryl methyl sites for hydroxylation is 1. The van der Waals surface area contributed by atoms with Crippen molar-refractivity contribution >= 4 is 44.9 Å². The van der Waals surface area contributed by atoms with E-state index in [2.05, 4.69) is 21.2 Å². The van der Waals surface area contributed by atoms with Gasteiger partial charge < -0.3 is 5.32 Å². The van der Waals surface area contributed by atoms with Crippen LogP contribution in [0.15, 0.2) is 9.85 Å². The highest BCUT2D eigenvalue weighted by Gasteiger charge is 2.16. The Morgan fingerprint density at radius 2 is 2.24 bits per heavy atom. The van der Waals surface area contributed by atoms with E-state index in [1.54, 1.807) is 0 Å². The van der Waals surface area contributed by atoms with Gasteiger partial charge in [0.15, 0.2) is 0 Å². The van der Waals surface area contributed by atoms with Gasteiger partial charge in [-0.15, -0.1) is 11.3 Å². The monoisotopic (exact) mass is 333 g/mol. The third-order valence-corrected chi connectivity index (χ3v) is 6.16. The number of halogens is 1. The summed E-state index contributed by atoms with van der Waals surface area (Å²) in [4.78, 5) is 12.7. The standard InChI is InChI=1S/C12H16BrNOS2/c1-8-6-10(17-11(8)13)12(15)14-7-9-2-4-16-5-3-9/h6,9H,2-5,7H2,1H3,(H,14,15). The van der Waals surface area contributed by atoms with Gasteiger partial charge in [0.1, 0.15) is 0 Å². The molecule has 1 amide bonds. The summed E-state index contributed by atoms with van der Waals surface area (Å²) in [6.07, 6.45) is 2.47. The molecule has 2 rings (SSSR count). The molecule has 17 heavy (non-hydrogen) atoms. The fourth-order valence-electron chi connectivity index (χ4n) is 1.85. The molecule has 0 saturated carbocycles. The van der Waals surface area contributed by atoms with E-state index in [0.717, 1.165) is 20.8 Å². The maximum Gasteiger partial charge on any atom is 0.261 e. The van der Waals surface area contributed by atoms with E-state index in [1.165, 1.54) is 35.7 Å². The molecule has 1 aromatic heterocycles. The quantitative estimate of drug-likeness (QED) is 0.913. The number of carbonyl (C=O) groups excluding carboxylic acids is 1. The molecule has 1 N–H and O–H groups in total. The minimum atomic E-state index is 0.0713. The molecular formula is C12H16BrNOS2. The van der Waals surface area contributed by atoms with Gasteiger partial charge in [-0.1, -0.05) is 0 Å². The smallest absolute Gasteiger partial charge is 0.261 e. The van der Waals surface area contributed by atoms with Gasteiger partial charge in [0, 0.05) is 6.54 Å². The van der Waals surface area contributed by atoms with E-state index in [4.69, 9.17) is 0 Å². The topological polar surface area (TPSA) is 29.1 Å². The summed E-state index contributed by atoms with van der Waals surface area (Å²) in [6.45, 7) is 2.84. The first kappa shape index (κ1) is 13.4. The van der Waals surface area contributed by atoms with Gasteiger partial charge in [0.2, 0.25) is 0 Å². The number of carbonyl (C=O) groups is 1. The Bertz CT molecular complexity index is 380. The van der Waals surface area contributed by atoms with Crippen molar-refractivity contribution in [1.82, 2.24) is 5.32 Å². The molecule has 94 valence electrons. The summed E-state index contributed by atoms with van der Waals surface area (Å²) in [7, 11) is 0. The van der Waals surface area contributed by atoms with Crippen LogP contribution in [0.4, 0.5) is 0 Å². The molecule has 5 heteroatoms. The molecule has 2 heterocycles. The number of hydrogen-bond donors (Lipinski definition) is 1. The maximum atomic E-state index is 11.9. The number of rotatable bonds is 3. The zero-order valence-corrected chi connectivity index (χ0v) is 13.0. The number of amides is 1. The highest BCUT2D eigenvalue weighted by molar-refractivity contribution is 9.11. The molecule has 1 saturated heterocycles. The van der Waals surface area contributed by atoms with Gasteiger partial charge >= 0.3 is 0 Å². The Hall–Kier alpha value is 0. The fraction of sp³-hybridized carbons (Fsp3) is 0.583. The van der Waals surface area contributed by atoms with Gasteiger partial charge in [-0.2, -0.15) is 11.8 Å². The molecule has 0 radical (unpaired) electrons. The molecule has 1 aliphatic heterocycles. The molecule has 1 aliphatic rings. The molecule has 0 aromatic carbocycles. The van der Waals surface area contributed by atoms with Crippen LogP contribution >= 0.6 is 39.0 Å². The zero-order chi connectivity index (χ0) is 12.3. The van der Waals surface area contributed by atoms with Crippen molar-refractivity contribution in [2.75, 3.05) is 18.1 Å². The van der Waals surface area contributed by atoms with Gasteiger partial charge in [-0.05, 0) is 64.7 Å². The first-order chi connectivity index (χ1) is 8.16. The van der Waals surface area contributed by atoms with Crippen LogP contribution in [-0.4, -0.2) is 24.0 Å². The Morgan fingerprint density at radius 1 is 1.53 bits per heavy atom. The summed E-state index contributed by atoms with van der Waals surface area (Å²) in [6, 6.07) is 1.95. The van der Waals surface area contributed by atoms with E-state index < -0.39 is 0 Å². The Kier molecular flexibility index (Phi) is 4.94. The summed E-state index contributed by atoms with van der Waals surface area (Å²) in [5, 5.41) is 3.05. The zero-order valence-electron chi connectivity index (χ0n) is 9.79. The van der Waals surface area contributed by atoms with E-state index in [1.807, 2.05) is 24.8 Å². The second-order valence-corrected chi connectivity index (χ2v) is 7.93. The van der Waals surface area contributed by atoms with Gasteiger partial charge in [-0.25, -0.2) is 0 Å². The first-order valence-corrected chi connectivity index (χ1v) is 8.55. The van der Waals surface area contributed by atoms with Crippen LogP contribution in [0.25, 0.3) is 0 Å². The molecule has 0 unspecified atom stereocenters. The van der Waals surface area contributed by atoms with Crippen LogP contribution in [0.5, 0.6) is 0 Å². The lowest BCUT2D eigenvalue weighted by atomic mass is 10.0. The SMILES string of the molecule is Cc1cc(C(=O)NCC2CCSCC2)sc1Br. The molecule has 0 bridgehead atoms. The van der Waals surface area contributed by atoms with Crippen molar-refractivity contribution in [2.45, 2.75) is 19.8 Å². The Labute approximate surface area is 119 Å². The Morgan fingerprint density at radius 3 is 2.82 bits per heavy atom. The van der Waals surface area contributed by atoms with Crippen molar-refractivity contribution in [3.05, 3.63) is 20.3 Å². The van der Waals surface area contributed by atoms with Crippen LogP contribution in [-0.2, 0) is 0 Å². The minimum Gasteiger partial charge on any atom is -0.351 e.